The van der Waals surface area contributed by atoms with E-state index in [1.54, 1.807) is 0 Å². The number of rotatable bonds is 12. The lowest BCUT2D eigenvalue weighted by Gasteiger charge is -2.34. The normalized spacial score (nSPS) is 14.5. The van der Waals surface area contributed by atoms with E-state index in [2.05, 4.69) is 4.90 Å². The fraction of sp³-hybridized carbons (Fsp3) is 0.636. The highest BCUT2D eigenvalue weighted by Gasteiger charge is 2.21. The Morgan fingerprint density at radius 2 is 1.74 bits per heavy atom. The molecule has 174 valence electrons. The first-order valence-electron chi connectivity index (χ1n) is 11.0. The number of carbonyl (C=O) groups is 2. The molecule has 0 aromatic heterocycles. The summed E-state index contributed by atoms with van der Waals surface area (Å²) in [5.41, 5.74) is 11.8. The number of hydrogen-bond acceptors (Lipinski definition) is 7. The van der Waals surface area contributed by atoms with Gasteiger partial charge in [-0.15, -0.1) is 0 Å². The highest BCUT2D eigenvalue weighted by molar-refractivity contribution is 6.33. The van der Waals surface area contributed by atoms with Crippen LogP contribution < -0.4 is 16.2 Å². The van der Waals surface area contributed by atoms with Crippen molar-refractivity contribution >= 4 is 29.2 Å². The number of nitrogens with zero attached hydrogens (tertiary/aromatic N) is 2. The van der Waals surface area contributed by atoms with Crippen molar-refractivity contribution in [3.05, 3.63) is 22.7 Å². The van der Waals surface area contributed by atoms with Crippen molar-refractivity contribution in [1.29, 1.82) is 0 Å². The van der Waals surface area contributed by atoms with Gasteiger partial charge in [0.25, 0.3) is 0 Å². The lowest BCUT2D eigenvalue weighted by atomic mass is 10.1. The maximum atomic E-state index is 12.4. The van der Waals surface area contributed by atoms with Crippen LogP contribution >= 0.6 is 11.6 Å². The van der Waals surface area contributed by atoms with Gasteiger partial charge in [-0.25, -0.2) is 4.79 Å². The molecule has 0 saturated carbocycles. The molecule has 0 radical (unpaired) electrons. The van der Waals surface area contributed by atoms with Crippen LogP contribution in [0.3, 0.4) is 0 Å². The number of esters is 1. The van der Waals surface area contributed by atoms with Crippen molar-refractivity contribution in [3.8, 4) is 5.75 Å². The third-order valence-corrected chi connectivity index (χ3v) is 5.83. The standard InChI is InChI=1S/C22H35ClN4O4/c1-30-20-16-19(25)18(23)15-17(20)22(29)31-14-13-26-9-11-27(12-10-26)21(28)7-5-3-2-4-6-8-24/h15-16H,2-14,24-25H2,1H3. The molecule has 4 N–H and O–H groups in total. The van der Waals surface area contributed by atoms with Crippen molar-refractivity contribution in [2.45, 2.75) is 38.5 Å². The molecule has 1 aliphatic rings. The summed E-state index contributed by atoms with van der Waals surface area (Å²) in [6, 6.07) is 2.97. The Kier molecular flexibility index (Phi) is 10.9. The SMILES string of the molecule is COc1cc(N)c(Cl)cc1C(=O)OCCN1CCN(C(=O)CCCCCCCN)CC1. The summed E-state index contributed by atoms with van der Waals surface area (Å²) in [5.74, 6) is 0.0645. The first kappa shape index (κ1) is 25.2. The van der Waals surface area contributed by atoms with Crippen LogP contribution in [0.4, 0.5) is 5.69 Å². The van der Waals surface area contributed by atoms with Gasteiger partial charge in [0.1, 0.15) is 17.9 Å². The Morgan fingerprint density at radius 3 is 2.42 bits per heavy atom. The zero-order chi connectivity index (χ0) is 22.6. The van der Waals surface area contributed by atoms with Gasteiger partial charge < -0.3 is 25.8 Å². The Morgan fingerprint density at radius 1 is 1.06 bits per heavy atom. The summed E-state index contributed by atoms with van der Waals surface area (Å²) >= 11 is 6.01. The van der Waals surface area contributed by atoms with Crippen LogP contribution in [-0.4, -0.2) is 74.7 Å². The molecule has 2 rings (SSSR count). The second kappa shape index (κ2) is 13.4. The van der Waals surface area contributed by atoms with Crippen LogP contribution in [0.5, 0.6) is 5.75 Å². The van der Waals surface area contributed by atoms with Gasteiger partial charge in [0.15, 0.2) is 0 Å². The Hall–Kier alpha value is -2.03. The summed E-state index contributed by atoms with van der Waals surface area (Å²) in [6.07, 6.45) is 6.00. The molecule has 8 nitrogen and oxygen atoms in total. The van der Waals surface area contributed by atoms with Gasteiger partial charge in [0.2, 0.25) is 5.91 Å². The number of hydrogen-bond donors (Lipinski definition) is 2. The number of amides is 1. The maximum absolute atomic E-state index is 12.4. The first-order chi connectivity index (χ1) is 15.0. The quantitative estimate of drug-likeness (QED) is 0.283. The van der Waals surface area contributed by atoms with Crippen LogP contribution in [0.2, 0.25) is 5.02 Å². The molecule has 1 aliphatic heterocycles. The number of halogens is 1. The maximum Gasteiger partial charge on any atom is 0.342 e. The summed E-state index contributed by atoms with van der Waals surface area (Å²) < 4.78 is 10.6. The Labute approximate surface area is 189 Å². The molecule has 31 heavy (non-hydrogen) atoms. The van der Waals surface area contributed by atoms with E-state index in [1.165, 1.54) is 19.2 Å². The number of nitrogen functional groups attached to an aromatic ring is 1. The van der Waals surface area contributed by atoms with Gasteiger partial charge in [0.05, 0.1) is 17.8 Å². The molecule has 9 heteroatoms. The number of ether oxygens (including phenoxy) is 2. The van der Waals surface area contributed by atoms with Crippen LogP contribution in [0.1, 0.15) is 48.9 Å². The molecule has 0 unspecified atom stereocenters. The van der Waals surface area contributed by atoms with Crippen molar-refractivity contribution in [1.82, 2.24) is 9.80 Å². The molecule has 1 aromatic carbocycles. The number of piperazine rings is 1. The van der Waals surface area contributed by atoms with Gasteiger partial charge in [-0.3, -0.25) is 9.69 Å². The molecule has 1 saturated heterocycles. The van der Waals surface area contributed by atoms with E-state index in [0.717, 1.165) is 51.7 Å². The van der Waals surface area contributed by atoms with Crippen molar-refractivity contribution in [3.63, 3.8) is 0 Å². The number of unbranched alkanes of at least 4 members (excludes halogenated alkanes) is 4. The highest BCUT2D eigenvalue weighted by atomic mass is 35.5. The summed E-state index contributed by atoms with van der Waals surface area (Å²) in [4.78, 5) is 28.9. The number of anilines is 1. The molecule has 0 atom stereocenters. The van der Waals surface area contributed by atoms with E-state index in [4.69, 9.17) is 32.5 Å². The van der Waals surface area contributed by atoms with Crippen LogP contribution in [0, 0.1) is 0 Å². The van der Waals surface area contributed by atoms with Gasteiger partial charge in [-0.1, -0.05) is 30.9 Å². The van der Waals surface area contributed by atoms with Gasteiger partial charge >= 0.3 is 5.97 Å². The molecule has 0 aliphatic carbocycles. The molecule has 1 fully saturated rings. The van der Waals surface area contributed by atoms with E-state index >= 15 is 0 Å². The minimum absolute atomic E-state index is 0.234. The van der Waals surface area contributed by atoms with Crippen LogP contribution in [0.25, 0.3) is 0 Å². The zero-order valence-electron chi connectivity index (χ0n) is 18.4. The first-order valence-corrected chi connectivity index (χ1v) is 11.3. The van der Waals surface area contributed by atoms with Crippen LogP contribution in [0.15, 0.2) is 12.1 Å². The number of nitrogens with two attached hydrogens (primary N) is 2. The summed E-state index contributed by atoms with van der Waals surface area (Å²) in [5, 5.41) is 0.282. The second-order valence-corrected chi connectivity index (χ2v) is 8.15. The largest absolute Gasteiger partial charge is 0.496 e. The van der Waals surface area contributed by atoms with E-state index < -0.39 is 5.97 Å². The predicted octanol–water partition coefficient (Wildman–Crippen LogP) is 2.53. The average molecular weight is 455 g/mol. The monoisotopic (exact) mass is 454 g/mol. The summed E-state index contributed by atoms with van der Waals surface area (Å²) in [7, 11) is 1.46. The molecular formula is C22H35ClN4O4. The van der Waals surface area contributed by atoms with Crippen molar-refractivity contribution < 1.29 is 19.1 Å². The third-order valence-electron chi connectivity index (χ3n) is 5.50. The van der Waals surface area contributed by atoms with Gasteiger partial charge in [-0.2, -0.15) is 0 Å². The molecule has 0 spiro atoms. The van der Waals surface area contributed by atoms with E-state index in [1.807, 2.05) is 4.90 Å². The second-order valence-electron chi connectivity index (χ2n) is 7.74. The van der Waals surface area contributed by atoms with Gasteiger partial charge in [0, 0.05) is 45.2 Å². The molecular weight excluding hydrogens is 420 g/mol. The van der Waals surface area contributed by atoms with Crippen molar-refractivity contribution in [2.75, 3.05) is 58.7 Å². The highest BCUT2D eigenvalue weighted by Crippen LogP contribution is 2.29. The fourth-order valence-electron chi connectivity index (χ4n) is 3.57. The minimum atomic E-state index is -0.501. The average Bonchev–Trinajstić information content (AvgIpc) is 2.77. The smallest absolute Gasteiger partial charge is 0.342 e. The van der Waals surface area contributed by atoms with Gasteiger partial charge in [-0.05, 0) is 25.5 Å². The lowest BCUT2D eigenvalue weighted by molar-refractivity contribution is -0.133. The van der Waals surface area contributed by atoms with E-state index in [9.17, 15) is 9.59 Å². The topological polar surface area (TPSA) is 111 Å². The molecule has 1 heterocycles. The van der Waals surface area contributed by atoms with Crippen molar-refractivity contribution in [2.24, 2.45) is 5.73 Å². The zero-order valence-corrected chi connectivity index (χ0v) is 19.2. The molecule has 1 aromatic rings. The number of benzene rings is 1. The number of methoxy groups -OCH3 is 1. The Bertz CT molecular complexity index is 724. The minimum Gasteiger partial charge on any atom is -0.496 e. The van der Waals surface area contributed by atoms with Crippen LogP contribution in [-0.2, 0) is 9.53 Å². The summed E-state index contributed by atoms with van der Waals surface area (Å²) in [6.45, 7) is 4.57. The third kappa shape index (κ3) is 8.20. The lowest BCUT2D eigenvalue weighted by Crippen LogP contribution is -2.49. The molecule has 0 bridgehead atoms. The number of carbonyl (C=O) groups excluding carboxylic acids is 2. The van der Waals surface area contributed by atoms with E-state index in [-0.39, 0.29) is 23.1 Å². The predicted molar refractivity (Wildman–Crippen MR) is 122 cm³/mol. The fourth-order valence-corrected chi connectivity index (χ4v) is 3.74. The Balaban J connectivity index is 1.65. The molecule has 1 amide bonds. The van der Waals surface area contributed by atoms with E-state index in [0.29, 0.717) is 37.5 Å².